The molecule has 0 bridgehead atoms. The molecule has 0 saturated carbocycles. The second-order valence-electron chi connectivity index (χ2n) is 4.94. The van der Waals surface area contributed by atoms with Gasteiger partial charge in [-0.25, -0.2) is 0 Å². The van der Waals surface area contributed by atoms with Gasteiger partial charge in [0.15, 0.2) is 11.5 Å². The topological polar surface area (TPSA) is 42.0 Å². The third-order valence-corrected chi connectivity index (χ3v) is 3.74. The lowest BCUT2D eigenvalue weighted by Gasteiger charge is -2.34. The van der Waals surface area contributed by atoms with Crippen molar-refractivity contribution in [1.29, 1.82) is 0 Å². The highest BCUT2D eigenvalue weighted by molar-refractivity contribution is 5.98. The number of rotatable bonds is 5. The minimum Gasteiger partial charge on any atom is -0.493 e. The number of hydrogen-bond acceptors (Lipinski definition) is 4. The summed E-state index contributed by atoms with van der Waals surface area (Å²) < 4.78 is 34.7. The summed E-state index contributed by atoms with van der Waals surface area (Å²) in [7, 11) is 1.35. The Balaban J connectivity index is 2.22. The number of amides is 1. The molecule has 2 rings (SSSR count). The zero-order chi connectivity index (χ0) is 16.1. The summed E-state index contributed by atoms with van der Waals surface area (Å²) in [6, 6.07) is 4.56. The van der Waals surface area contributed by atoms with Crippen molar-refractivity contribution >= 4 is 5.91 Å². The lowest BCUT2D eigenvalue weighted by atomic mass is 10.1. The van der Waals surface area contributed by atoms with Gasteiger partial charge in [-0.15, -0.1) is 0 Å². The van der Waals surface area contributed by atoms with E-state index in [1.807, 2.05) is 0 Å². The number of ether oxygens (including phenoxy) is 2. The maximum absolute atomic E-state index is 12.6. The first-order valence-electron chi connectivity index (χ1n) is 7.20. The van der Waals surface area contributed by atoms with Crippen LogP contribution in [0.4, 0.5) is 8.78 Å². The van der Waals surface area contributed by atoms with E-state index in [0.717, 1.165) is 19.6 Å². The van der Waals surface area contributed by atoms with Gasteiger partial charge in [0.25, 0.3) is 5.91 Å². The van der Waals surface area contributed by atoms with E-state index in [4.69, 9.17) is 4.74 Å². The van der Waals surface area contributed by atoms with Gasteiger partial charge < -0.3 is 19.3 Å². The molecule has 22 heavy (non-hydrogen) atoms. The molecule has 0 spiro atoms. The predicted octanol–water partition coefficient (Wildman–Crippen LogP) is 2.07. The van der Waals surface area contributed by atoms with Crippen molar-refractivity contribution in [3.63, 3.8) is 0 Å². The van der Waals surface area contributed by atoms with Gasteiger partial charge in [-0.2, -0.15) is 8.78 Å². The first kappa shape index (κ1) is 16.5. The summed E-state index contributed by atoms with van der Waals surface area (Å²) in [6.07, 6.45) is 0. The lowest BCUT2D eigenvalue weighted by Crippen LogP contribution is -2.48. The number of methoxy groups -OCH3 is 1. The summed E-state index contributed by atoms with van der Waals surface area (Å²) in [5.41, 5.74) is 0.101. The van der Waals surface area contributed by atoms with Crippen molar-refractivity contribution in [1.82, 2.24) is 9.80 Å². The highest BCUT2D eigenvalue weighted by atomic mass is 19.3. The highest BCUT2D eigenvalue weighted by Gasteiger charge is 2.26. The second-order valence-corrected chi connectivity index (χ2v) is 4.94. The van der Waals surface area contributed by atoms with Crippen LogP contribution in [0.2, 0.25) is 0 Å². The molecule has 0 radical (unpaired) electrons. The molecule has 1 aromatic carbocycles. The first-order valence-corrected chi connectivity index (χ1v) is 7.20. The van der Waals surface area contributed by atoms with Crippen LogP contribution in [0.5, 0.6) is 11.5 Å². The zero-order valence-electron chi connectivity index (χ0n) is 12.7. The summed E-state index contributed by atoms with van der Waals surface area (Å²) in [5.74, 6) is -0.397. The molecule has 1 amide bonds. The smallest absolute Gasteiger partial charge is 0.387 e. The molecule has 0 atom stereocenters. The molecule has 1 aromatic rings. The van der Waals surface area contributed by atoms with Crippen LogP contribution in [-0.4, -0.2) is 62.2 Å². The van der Waals surface area contributed by atoms with Crippen LogP contribution in [0.1, 0.15) is 17.3 Å². The summed E-state index contributed by atoms with van der Waals surface area (Å²) in [6.45, 7) is 2.67. The monoisotopic (exact) mass is 314 g/mol. The Morgan fingerprint density at radius 2 is 1.95 bits per heavy atom. The number of likely N-dealkylation sites (N-methyl/N-ethyl adjacent to an activating group) is 1. The molecule has 0 N–H and O–H groups in total. The van der Waals surface area contributed by atoms with Crippen LogP contribution in [0.3, 0.4) is 0 Å². The third kappa shape index (κ3) is 3.65. The van der Waals surface area contributed by atoms with Crippen LogP contribution in [0.25, 0.3) is 0 Å². The van der Waals surface area contributed by atoms with Gasteiger partial charge in [0.05, 0.1) is 12.7 Å². The molecule has 0 aliphatic carbocycles. The van der Waals surface area contributed by atoms with E-state index in [2.05, 4.69) is 16.6 Å². The standard InChI is InChI=1S/C15H20F2N2O3/c1-3-18-7-9-19(10-8-18)14(20)11-5-4-6-12(21-2)13(11)22-15(16)17/h4-6,15H,3,7-10H2,1-2H3. The Morgan fingerprint density at radius 1 is 1.27 bits per heavy atom. The van der Waals surface area contributed by atoms with E-state index in [9.17, 15) is 13.6 Å². The van der Waals surface area contributed by atoms with E-state index in [-0.39, 0.29) is 23.0 Å². The van der Waals surface area contributed by atoms with Crippen molar-refractivity contribution in [3.05, 3.63) is 23.8 Å². The zero-order valence-corrected chi connectivity index (χ0v) is 12.7. The van der Waals surface area contributed by atoms with Crippen LogP contribution in [0.15, 0.2) is 18.2 Å². The van der Waals surface area contributed by atoms with E-state index < -0.39 is 6.61 Å². The molecule has 5 nitrogen and oxygen atoms in total. The Morgan fingerprint density at radius 3 is 2.50 bits per heavy atom. The van der Waals surface area contributed by atoms with Crippen molar-refractivity contribution in [2.45, 2.75) is 13.5 Å². The quantitative estimate of drug-likeness (QED) is 0.834. The predicted molar refractivity (Wildman–Crippen MR) is 77.6 cm³/mol. The van der Waals surface area contributed by atoms with Gasteiger partial charge in [-0.1, -0.05) is 13.0 Å². The molecule has 1 fully saturated rings. The van der Waals surface area contributed by atoms with Gasteiger partial charge in [0.1, 0.15) is 0 Å². The van der Waals surface area contributed by atoms with Crippen molar-refractivity contribution in [2.24, 2.45) is 0 Å². The Labute approximate surface area is 128 Å². The molecule has 1 aliphatic rings. The van der Waals surface area contributed by atoms with Gasteiger partial charge in [0, 0.05) is 26.2 Å². The van der Waals surface area contributed by atoms with E-state index >= 15 is 0 Å². The third-order valence-electron chi connectivity index (χ3n) is 3.74. The number of para-hydroxylation sites is 1. The number of nitrogens with zero attached hydrogens (tertiary/aromatic N) is 2. The van der Waals surface area contributed by atoms with E-state index in [1.165, 1.54) is 19.2 Å². The first-order chi connectivity index (χ1) is 10.6. The fourth-order valence-corrected chi connectivity index (χ4v) is 2.49. The number of carbonyl (C=O) groups is 1. The second kappa shape index (κ2) is 7.40. The molecule has 0 unspecified atom stereocenters. The van der Waals surface area contributed by atoms with Crippen LogP contribution < -0.4 is 9.47 Å². The molecule has 1 saturated heterocycles. The van der Waals surface area contributed by atoms with Crippen molar-refractivity contribution in [2.75, 3.05) is 39.8 Å². The average molecular weight is 314 g/mol. The SMILES string of the molecule is CCN1CCN(C(=O)c2cccc(OC)c2OC(F)F)CC1. The van der Waals surface area contributed by atoms with Crippen LogP contribution in [0, 0.1) is 0 Å². The normalized spacial score (nSPS) is 16.0. The molecule has 1 heterocycles. The minimum absolute atomic E-state index is 0.101. The Hall–Kier alpha value is -1.89. The van der Waals surface area contributed by atoms with Crippen molar-refractivity contribution < 1.29 is 23.0 Å². The Kier molecular flexibility index (Phi) is 5.54. The summed E-state index contributed by atoms with van der Waals surface area (Å²) in [4.78, 5) is 16.5. The van der Waals surface area contributed by atoms with E-state index in [1.54, 1.807) is 11.0 Å². The number of carbonyl (C=O) groups excluding carboxylic acids is 1. The molecule has 7 heteroatoms. The number of benzene rings is 1. The number of piperazine rings is 1. The fourth-order valence-electron chi connectivity index (χ4n) is 2.49. The van der Waals surface area contributed by atoms with Gasteiger partial charge >= 0.3 is 6.61 Å². The maximum Gasteiger partial charge on any atom is 0.387 e. The number of halogens is 2. The average Bonchev–Trinajstić information content (AvgIpc) is 2.54. The lowest BCUT2D eigenvalue weighted by molar-refractivity contribution is -0.0517. The minimum atomic E-state index is -3.01. The fraction of sp³-hybridized carbons (Fsp3) is 0.533. The molecular formula is C15H20F2N2O3. The van der Waals surface area contributed by atoms with Gasteiger partial charge in [-0.05, 0) is 18.7 Å². The van der Waals surface area contributed by atoms with Crippen molar-refractivity contribution in [3.8, 4) is 11.5 Å². The highest BCUT2D eigenvalue weighted by Crippen LogP contribution is 2.33. The number of alkyl halides is 2. The van der Waals surface area contributed by atoms with Crippen LogP contribution in [-0.2, 0) is 0 Å². The number of hydrogen-bond donors (Lipinski definition) is 0. The Bertz CT molecular complexity index is 518. The molecular weight excluding hydrogens is 294 g/mol. The van der Waals surface area contributed by atoms with Gasteiger partial charge in [-0.3, -0.25) is 4.79 Å². The molecule has 122 valence electrons. The van der Waals surface area contributed by atoms with Crippen LogP contribution >= 0.6 is 0 Å². The van der Waals surface area contributed by atoms with Gasteiger partial charge in [0.2, 0.25) is 0 Å². The van der Waals surface area contributed by atoms with E-state index in [0.29, 0.717) is 13.1 Å². The molecule has 1 aliphatic heterocycles. The summed E-state index contributed by atoms with van der Waals surface area (Å²) in [5, 5.41) is 0. The summed E-state index contributed by atoms with van der Waals surface area (Å²) >= 11 is 0. The largest absolute Gasteiger partial charge is 0.493 e. The maximum atomic E-state index is 12.6. The molecule has 0 aromatic heterocycles.